The Morgan fingerprint density at radius 1 is 1.26 bits per heavy atom. The van der Waals surface area contributed by atoms with Gasteiger partial charge in [0.05, 0.1) is 0 Å². The molecule has 0 unspecified atom stereocenters. The molecule has 0 bridgehead atoms. The van der Waals surface area contributed by atoms with E-state index < -0.39 is 10.2 Å². The SMILES string of the molecule is CCCCCCN(C)S(=O)(=O)N1CSC(N2CCN(C)C2=O)=N1. The number of unbranched alkanes of at least 4 members (excludes halogenated alkanes) is 3. The zero-order chi connectivity index (χ0) is 17.0. The van der Waals surface area contributed by atoms with E-state index in [0.717, 1.165) is 30.1 Å². The fourth-order valence-corrected chi connectivity index (χ4v) is 4.75. The molecule has 0 spiro atoms. The van der Waals surface area contributed by atoms with Crippen LogP contribution >= 0.6 is 11.8 Å². The average Bonchev–Trinajstić information content (AvgIpc) is 3.12. The van der Waals surface area contributed by atoms with Crippen molar-refractivity contribution in [3.63, 3.8) is 0 Å². The second-order valence-electron chi connectivity index (χ2n) is 5.72. The van der Waals surface area contributed by atoms with Gasteiger partial charge in [-0.15, -0.1) is 5.10 Å². The number of nitrogens with zero attached hydrogens (tertiary/aromatic N) is 5. The van der Waals surface area contributed by atoms with Crippen LogP contribution in [0, 0.1) is 0 Å². The van der Waals surface area contributed by atoms with Gasteiger partial charge in [0.2, 0.25) is 0 Å². The van der Waals surface area contributed by atoms with Crippen LogP contribution in [0.15, 0.2) is 5.10 Å². The first kappa shape index (κ1) is 18.3. The lowest BCUT2D eigenvalue weighted by atomic mass is 10.2. The predicted molar refractivity (Wildman–Crippen MR) is 92.2 cm³/mol. The van der Waals surface area contributed by atoms with Crippen LogP contribution in [0.2, 0.25) is 0 Å². The van der Waals surface area contributed by atoms with Crippen molar-refractivity contribution in [2.45, 2.75) is 32.6 Å². The Morgan fingerprint density at radius 2 is 2.00 bits per heavy atom. The highest BCUT2D eigenvalue weighted by Gasteiger charge is 2.36. The summed E-state index contributed by atoms with van der Waals surface area (Å²) in [6.45, 7) is 3.78. The normalized spacial score (nSPS) is 19.2. The second-order valence-corrected chi connectivity index (χ2v) is 8.58. The molecule has 0 atom stereocenters. The fraction of sp³-hybridized carbons (Fsp3) is 0.846. The Balaban J connectivity index is 1.97. The smallest absolute Gasteiger partial charge is 0.325 e. The molecule has 0 radical (unpaired) electrons. The van der Waals surface area contributed by atoms with Crippen molar-refractivity contribution in [1.29, 1.82) is 0 Å². The third-order valence-corrected chi connectivity index (χ3v) is 6.75. The molecule has 8 nitrogen and oxygen atoms in total. The van der Waals surface area contributed by atoms with Gasteiger partial charge in [-0.3, -0.25) is 4.90 Å². The van der Waals surface area contributed by atoms with Gasteiger partial charge in [0.25, 0.3) is 0 Å². The third kappa shape index (κ3) is 4.10. The predicted octanol–water partition coefficient (Wildman–Crippen LogP) is 1.39. The number of rotatable bonds is 7. The molecule has 1 fully saturated rings. The molecule has 0 saturated carbocycles. The summed E-state index contributed by atoms with van der Waals surface area (Å²) in [5.41, 5.74) is 0. The number of hydrogen-bond donors (Lipinski definition) is 0. The van der Waals surface area contributed by atoms with Gasteiger partial charge in [-0.25, -0.2) is 4.79 Å². The summed E-state index contributed by atoms with van der Waals surface area (Å²) >= 11 is 1.28. The van der Waals surface area contributed by atoms with Crippen LogP contribution in [0.1, 0.15) is 32.6 Å². The first-order chi connectivity index (χ1) is 10.9. The maximum Gasteiger partial charge on any atom is 0.325 e. The molecule has 0 aromatic carbocycles. The number of carbonyl (C=O) groups is 1. The average molecular weight is 364 g/mol. The number of thioether (sulfide) groups is 1. The van der Waals surface area contributed by atoms with Crippen LogP contribution in [-0.2, 0) is 10.2 Å². The summed E-state index contributed by atoms with van der Waals surface area (Å²) in [5.74, 6) is 0.213. The van der Waals surface area contributed by atoms with Gasteiger partial charge in [-0.2, -0.15) is 17.1 Å². The van der Waals surface area contributed by atoms with E-state index in [-0.39, 0.29) is 11.9 Å². The highest BCUT2D eigenvalue weighted by atomic mass is 32.2. The Kier molecular flexibility index (Phi) is 6.15. The van der Waals surface area contributed by atoms with Gasteiger partial charge in [-0.05, 0) is 6.42 Å². The van der Waals surface area contributed by atoms with Crippen molar-refractivity contribution >= 4 is 33.2 Å². The van der Waals surface area contributed by atoms with Crippen molar-refractivity contribution in [2.24, 2.45) is 5.10 Å². The molecule has 0 aromatic heterocycles. The highest BCUT2D eigenvalue weighted by Crippen LogP contribution is 2.26. The molecule has 2 aliphatic heterocycles. The van der Waals surface area contributed by atoms with E-state index in [0.29, 0.717) is 24.8 Å². The van der Waals surface area contributed by atoms with Gasteiger partial charge in [0, 0.05) is 33.7 Å². The molecule has 0 aromatic rings. The standard InChI is InChI=1S/C13H25N5O3S2/c1-4-5-6-7-8-16(3)23(20,21)18-11-22-12(14-18)17-10-9-15(2)13(17)19/h4-11H2,1-3H3. The minimum Gasteiger partial charge on any atom is -0.326 e. The molecule has 132 valence electrons. The minimum atomic E-state index is -3.61. The Bertz CT molecular complexity index is 566. The van der Waals surface area contributed by atoms with E-state index in [1.807, 2.05) is 0 Å². The molecule has 2 aliphatic rings. The van der Waals surface area contributed by atoms with E-state index >= 15 is 0 Å². The summed E-state index contributed by atoms with van der Waals surface area (Å²) in [5, 5.41) is 4.61. The van der Waals surface area contributed by atoms with Crippen molar-refractivity contribution in [2.75, 3.05) is 39.6 Å². The van der Waals surface area contributed by atoms with Crippen molar-refractivity contribution in [3.8, 4) is 0 Å². The molecular formula is C13H25N5O3S2. The van der Waals surface area contributed by atoms with Crippen LogP contribution in [0.4, 0.5) is 4.79 Å². The van der Waals surface area contributed by atoms with Crippen molar-refractivity contribution in [1.82, 2.24) is 18.5 Å². The molecule has 23 heavy (non-hydrogen) atoms. The minimum absolute atomic E-state index is 0.136. The molecule has 2 heterocycles. The van der Waals surface area contributed by atoms with Crippen molar-refractivity contribution < 1.29 is 13.2 Å². The van der Waals surface area contributed by atoms with Gasteiger partial charge in [-0.1, -0.05) is 37.9 Å². The van der Waals surface area contributed by atoms with Crippen LogP contribution in [0.25, 0.3) is 0 Å². The largest absolute Gasteiger partial charge is 0.326 e. The Hall–Kier alpha value is -1.00. The Morgan fingerprint density at radius 3 is 2.61 bits per heavy atom. The zero-order valence-corrected chi connectivity index (χ0v) is 15.6. The maximum absolute atomic E-state index is 12.5. The summed E-state index contributed by atoms with van der Waals surface area (Å²) in [6.07, 6.45) is 4.09. The quantitative estimate of drug-likeness (QED) is 0.641. The monoisotopic (exact) mass is 363 g/mol. The Labute approximate surface area is 142 Å². The van der Waals surface area contributed by atoms with Crippen LogP contribution in [0.3, 0.4) is 0 Å². The van der Waals surface area contributed by atoms with Crippen molar-refractivity contribution in [3.05, 3.63) is 0 Å². The topological polar surface area (TPSA) is 76.5 Å². The number of hydrogen-bond acceptors (Lipinski definition) is 5. The van der Waals surface area contributed by atoms with Gasteiger partial charge in [0.1, 0.15) is 5.88 Å². The van der Waals surface area contributed by atoms with Crippen LogP contribution < -0.4 is 0 Å². The number of amidine groups is 1. The van der Waals surface area contributed by atoms with E-state index in [4.69, 9.17) is 0 Å². The summed E-state index contributed by atoms with van der Waals surface area (Å²) in [6, 6.07) is -0.136. The number of urea groups is 1. The first-order valence-corrected chi connectivity index (χ1v) is 10.2. The number of likely N-dealkylation sites (N-methyl/N-ethyl adjacent to an activating group) is 1. The molecule has 2 rings (SSSR count). The van der Waals surface area contributed by atoms with Gasteiger partial charge >= 0.3 is 16.2 Å². The lowest BCUT2D eigenvalue weighted by molar-refractivity contribution is 0.213. The first-order valence-electron chi connectivity index (χ1n) is 7.86. The van der Waals surface area contributed by atoms with Gasteiger partial charge in [0.15, 0.2) is 5.17 Å². The van der Waals surface area contributed by atoms with E-state index in [9.17, 15) is 13.2 Å². The summed E-state index contributed by atoms with van der Waals surface area (Å²) in [7, 11) is -0.312. The van der Waals surface area contributed by atoms with Crippen LogP contribution in [0.5, 0.6) is 0 Å². The van der Waals surface area contributed by atoms with E-state index in [1.54, 1.807) is 19.0 Å². The second kappa shape index (κ2) is 7.71. The lowest BCUT2D eigenvalue weighted by Gasteiger charge is -2.22. The molecule has 10 heteroatoms. The fourth-order valence-electron chi connectivity index (χ4n) is 2.38. The highest BCUT2D eigenvalue weighted by molar-refractivity contribution is 8.14. The summed E-state index contributed by atoms with van der Waals surface area (Å²) < 4.78 is 27.5. The molecule has 0 N–H and O–H groups in total. The maximum atomic E-state index is 12.5. The third-order valence-electron chi connectivity index (χ3n) is 3.94. The van der Waals surface area contributed by atoms with Crippen LogP contribution in [-0.4, -0.2) is 77.7 Å². The number of hydrazone groups is 1. The molecule has 0 aliphatic carbocycles. The molecule has 2 amide bonds. The zero-order valence-electron chi connectivity index (χ0n) is 13.9. The van der Waals surface area contributed by atoms with Gasteiger partial charge < -0.3 is 4.90 Å². The molecular weight excluding hydrogens is 338 g/mol. The lowest BCUT2D eigenvalue weighted by Crippen LogP contribution is -2.38. The number of carbonyl (C=O) groups excluding carboxylic acids is 1. The van der Waals surface area contributed by atoms with E-state index in [2.05, 4.69) is 12.0 Å². The summed E-state index contributed by atoms with van der Waals surface area (Å²) in [4.78, 5) is 15.1. The molecule has 1 saturated heterocycles. The van der Waals surface area contributed by atoms with E-state index in [1.165, 1.54) is 21.0 Å². The number of amides is 2.